The van der Waals surface area contributed by atoms with Crippen molar-refractivity contribution in [3.63, 3.8) is 0 Å². The average molecular weight is 485 g/mol. The van der Waals surface area contributed by atoms with E-state index in [4.69, 9.17) is 4.74 Å². The predicted octanol–water partition coefficient (Wildman–Crippen LogP) is 2.13. The van der Waals surface area contributed by atoms with Gasteiger partial charge in [-0.25, -0.2) is 13.2 Å². The number of carbonyl (C=O) groups is 2. The lowest BCUT2D eigenvalue weighted by Gasteiger charge is -2.10. The van der Waals surface area contributed by atoms with Crippen molar-refractivity contribution in [1.29, 1.82) is 0 Å². The summed E-state index contributed by atoms with van der Waals surface area (Å²) in [6.45, 7) is 3.50. The molecule has 0 fully saturated rings. The first-order valence-corrected chi connectivity index (χ1v) is 11.8. The summed E-state index contributed by atoms with van der Waals surface area (Å²) in [7, 11) is -3.88. The third-order valence-corrected chi connectivity index (χ3v) is 6.13. The minimum absolute atomic E-state index is 0.0500. The van der Waals surface area contributed by atoms with Crippen LogP contribution in [-0.4, -0.2) is 36.9 Å². The number of benzene rings is 2. The monoisotopic (exact) mass is 484 g/mol. The van der Waals surface area contributed by atoms with E-state index in [0.29, 0.717) is 33.1 Å². The standard InChI is InChI=1S/C20H17N3O5S.C3H6O2/c1-2-28-20(25)12-3-5-13(6-4-12)23-29(26,27)14-7-8-17-16(11-14)15-9-10-21-18(15)19(24)22-17;1-2-3(4)5/h3-11,21,23H,2H2,1H3,(H,22,24);2H2,1H3,(H,4,5)/p-1. The summed E-state index contributed by atoms with van der Waals surface area (Å²) in [5.41, 5.74) is 1.30. The van der Waals surface area contributed by atoms with Gasteiger partial charge in [0.15, 0.2) is 0 Å². The fraction of sp³-hybridized carbons (Fsp3) is 0.174. The van der Waals surface area contributed by atoms with Crippen molar-refractivity contribution in [2.45, 2.75) is 25.2 Å². The molecule has 0 amide bonds. The topological polar surface area (TPSA) is 161 Å². The summed E-state index contributed by atoms with van der Waals surface area (Å²) >= 11 is 0. The summed E-state index contributed by atoms with van der Waals surface area (Å²) in [4.78, 5) is 38.6. The number of esters is 1. The molecule has 0 aliphatic rings. The van der Waals surface area contributed by atoms with Crippen molar-refractivity contribution in [3.8, 4) is 0 Å². The van der Waals surface area contributed by atoms with Gasteiger partial charge in [0.05, 0.1) is 17.1 Å². The molecule has 11 heteroatoms. The summed E-state index contributed by atoms with van der Waals surface area (Å²) in [5.74, 6) is -1.47. The summed E-state index contributed by atoms with van der Waals surface area (Å²) in [5, 5.41) is 10.5. The number of rotatable bonds is 6. The number of pyridine rings is 1. The molecule has 10 nitrogen and oxygen atoms in total. The molecule has 4 rings (SSSR count). The van der Waals surface area contributed by atoms with E-state index >= 15 is 0 Å². The SMILES string of the molecule is CCC(=O)[O-].CCOC(=O)c1ccc(NS(=O)(=O)c2ccc3[nH]c(=O)c4[nH]ccc4c3c2)cc1. The summed E-state index contributed by atoms with van der Waals surface area (Å²) in [6, 6.07) is 12.2. The third kappa shape index (κ3) is 5.44. The number of anilines is 1. The molecule has 0 spiro atoms. The molecule has 2 heterocycles. The Hall–Kier alpha value is -4.12. The number of nitrogens with one attached hydrogen (secondary N) is 3. The van der Waals surface area contributed by atoms with Crippen LogP contribution in [0.15, 0.2) is 64.4 Å². The van der Waals surface area contributed by atoms with Gasteiger partial charge in [-0.1, -0.05) is 6.92 Å². The fourth-order valence-electron chi connectivity index (χ4n) is 3.09. The lowest BCUT2D eigenvalue weighted by atomic mass is 10.1. The molecule has 3 N–H and O–H groups in total. The van der Waals surface area contributed by atoms with Crippen molar-refractivity contribution >= 4 is 49.5 Å². The van der Waals surface area contributed by atoms with Crippen LogP contribution in [-0.2, 0) is 19.6 Å². The van der Waals surface area contributed by atoms with E-state index in [2.05, 4.69) is 14.7 Å². The highest BCUT2D eigenvalue weighted by Crippen LogP contribution is 2.25. The number of carbonyl (C=O) groups excluding carboxylic acids is 2. The maximum absolute atomic E-state index is 12.8. The Bertz CT molecular complexity index is 1500. The summed E-state index contributed by atoms with van der Waals surface area (Å²) < 4.78 is 33.1. The smallest absolute Gasteiger partial charge is 0.338 e. The van der Waals surface area contributed by atoms with E-state index in [1.54, 1.807) is 25.3 Å². The number of hydrogen-bond acceptors (Lipinski definition) is 7. The molecule has 2 aromatic carbocycles. The zero-order valence-corrected chi connectivity index (χ0v) is 19.2. The fourth-order valence-corrected chi connectivity index (χ4v) is 4.18. The Balaban J connectivity index is 0.000000588. The van der Waals surface area contributed by atoms with Gasteiger partial charge in [-0.05, 0) is 61.9 Å². The molecule has 0 bridgehead atoms. The number of aromatic amines is 2. The van der Waals surface area contributed by atoms with Crippen LogP contribution in [0, 0.1) is 0 Å². The number of carboxylic acids is 1. The Morgan fingerprint density at radius 3 is 2.32 bits per heavy atom. The van der Waals surface area contributed by atoms with Gasteiger partial charge in [-0.3, -0.25) is 9.52 Å². The van der Waals surface area contributed by atoms with Gasteiger partial charge in [-0.15, -0.1) is 0 Å². The molecular weight excluding hydrogens is 462 g/mol. The lowest BCUT2D eigenvalue weighted by Crippen LogP contribution is -2.19. The Kier molecular flexibility index (Phi) is 7.37. The van der Waals surface area contributed by atoms with E-state index in [0.717, 1.165) is 0 Å². The molecule has 0 saturated carbocycles. The molecule has 0 aliphatic heterocycles. The highest BCUT2D eigenvalue weighted by Gasteiger charge is 2.17. The van der Waals surface area contributed by atoms with Gasteiger partial charge < -0.3 is 24.6 Å². The number of fused-ring (bicyclic) bond motifs is 3. The van der Waals surface area contributed by atoms with Gasteiger partial charge in [0.25, 0.3) is 15.6 Å². The molecule has 0 unspecified atom stereocenters. The van der Waals surface area contributed by atoms with E-state index in [1.165, 1.54) is 43.3 Å². The maximum Gasteiger partial charge on any atom is 0.338 e. The number of H-pyrrole nitrogens is 2. The highest BCUT2D eigenvalue weighted by atomic mass is 32.2. The molecular formula is C23H22N3O7S-. The molecule has 0 saturated heterocycles. The van der Waals surface area contributed by atoms with Crippen LogP contribution in [0.5, 0.6) is 0 Å². The lowest BCUT2D eigenvalue weighted by molar-refractivity contribution is -0.305. The first kappa shape index (κ1) is 24.5. The van der Waals surface area contributed by atoms with Crippen LogP contribution in [0.3, 0.4) is 0 Å². The van der Waals surface area contributed by atoms with Crippen molar-refractivity contribution < 1.29 is 27.9 Å². The second kappa shape index (κ2) is 10.2. The van der Waals surface area contributed by atoms with Crippen molar-refractivity contribution in [2.24, 2.45) is 0 Å². The first-order chi connectivity index (χ1) is 16.2. The van der Waals surface area contributed by atoms with Gasteiger partial charge >= 0.3 is 5.97 Å². The van der Waals surface area contributed by atoms with Gasteiger partial charge in [0.2, 0.25) is 0 Å². The highest BCUT2D eigenvalue weighted by molar-refractivity contribution is 7.92. The molecule has 34 heavy (non-hydrogen) atoms. The van der Waals surface area contributed by atoms with E-state index in [1.807, 2.05) is 0 Å². The molecule has 4 aromatic rings. The quantitative estimate of drug-likeness (QED) is 0.353. The van der Waals surface area contributed by atoms with Crippen LogP contribution in [0.1, 0.15) is 30.6 Å². The molecule has 2 aromatic heterocycles. The van der Waals surface area contributed by atoms with Crippen LogP contribution in [0.2, 0.25) is 0 Å². The third-order valence-electron chi connectivity index (χ3n) is 4.75. The van der Waals surface area contributed by atoms with Gasteiger partial charge in [0, 0.05) is 34.1 Å². The number of hydrogen-bond donors (Lipinski definition) is 3. The summed E-state index contributed by atoms with van der Waals surface area (Å²) in [6.07, 6.45) is 1.74. The van der Waals surface area contributed by atoms with Crippen LogP contribution < -0.4 is 15.4 Å². The van der Waals surface area contributed by atoms with Crippen molar-refractivity contribution in [3.05, 3.63) is 70.6 Å². The molecule has 0 atom stereocenters. The maximum atomic E-state index is 12.8. The zero-order chi connectivity index (χ0) is 24.9. The second-order valence-electron chi connectivity index (χ2n) is 7.06. The van der Waals surface area contributed by atoms with Gasteiger partial charge in [-0.2, -0.15) is 0 Å². The zero-order valence-electron chi connectivity index (χ0n) is 18.4. The van der Waals surface area contributed by atoms with Crippen molar-refractivity contribution in [1.82, 2.24) is 9.97 Å². The second-order valence-corrected chi connectivity index (χ2v) is 8.74. The molecule has 0 radical (unpaired) electrons. The predicted molar refractivity (Wildman–Crippen MR) is 125 cm³/mol. The molecule has 0 aliphatic carbocycles. The van der Waals surface area contributed by atoms with E-state index < -0.39 is 22.0 Å². The van der Waals surface area contributed by atoms with Crippen molar-refractivity contribution in [2.75, 3.05) is 11.3 Å². The average Bonchev–Trinajstić information content (AvgIpc) is 3.31. The number of ether oxygens (including phenoxy) is 1. The largest absolute Gasteiger partial charge is 0.550 e. The number of sulfonamides is 1. The number of carboxylic acid groups (broad SMARTS) is 1. The van der Waals surface area contributed by atoms with Crippen LogP contribution in [0.4, 0.5) is 5.69 Å². The Labute approximate surface area is 194 Å². The van der Waals surface area contributed by atoms with Crippen LogP contribution in [0.25, 0.3) is 21.8 Å². The van der Waals surface area contributed by atoms with E-state index in [-0.39, 0.29) is 23.5 Å². The Morgan fingerprint density at radius 2 is 1.71 bits per heavy atom. The normalized spacial score (nSPS) is 11.0. The number of aromatic nitrogens is 2. The van der Waals surface area contributed by atoms with Gasteiger partial charge in [0.1, 0.15) is 5.52 Å². The minimum atomic E-state index is -3.88. The molecule has 178 valence electrons. The first-order valence-electron chi connectivity index (χ1n) is 10.3. The Morgan fingerprint density at radius 1 is 1.03 bits per heavy atom. The minimum Gasteiger partial charge on any atom is -0.550 e. The number of aliphatic carboxylic acids is 1. The van der Waals surface area contributed by atoms with E-state index in [9.17, 15) is 27.9 Å². The van der Waals surface area contributed by atoms with Crippen LogP contribution >= 0.6 is 0 Å².